The molecule has 0 bridgehead atoms. The van der Waals surface area contributed by atoms with Gasteiger partial charge in [-0.25, -0.2) is 15.0 Å². The van der Waals surface area contributed by atoms with Crippen LogP contribution in [0.2, 0.25) is 5.02 Å². The molecule has 0 radical (unpaired) electrons. The van der Waals surface area contributed by atoms with E-state index in [-0.39, 0.29) is 6.54 Å². The Kier molecular flexibility index (Phi) is 4.26. The molecule has 1 saturated heterocycles. The maximum Gasteiger partial charge on any atom is 0.147 e. The minimum atomic E-state index is -0.769. The third-order valence-corrected chi connectivity index (χ3v) is 5.27. The SMILES string of the molecule is NCC1(O)CCN(c2cnc3c(n2)CN=C3c2cc(N)ncc2Cl)CC1. The van der Waals surface area contributed by atoms with E-state index < -0.39 is 5.60 Å². The molecule has 2 aliphatic rings. The molecular formula is C17H20ClN7O. The average molecular weight is 374 g/mol. The van der Waals surface area contributed by atoms with E-state index in [0.717, 1.165) is 17.2 Å². The summed E-state index contributed by atoms with van der Waals surface area (Å²) in [4.78, 5) is 19.9. The molecule has 4 rings (SSSR count). The van der Waals surface area contributed by atoms with Gasteiger partial charge in [0.2, 0.25) is 0 Å². The van der Waals surface area contributed by atoms with E-state index in [1.54, 1.807) is 12.3 Å². The van der Waals surface area contributed by atoms with Crippen LogP contribution in [0, 0.1) is 0 Å². The van der Waals surface area contributed by atoms with E-state index in [1.807, 2.05) is 0 Å². The number of hydrogen-bond acceptors (Lipinski definition) is 8. The first-order chi connectivity index (χ1) is 12.5. The zero-order chi connectivity index (χ0) is 18.3. The maximum absolute atomic E-state index is 10.3. The van der Waals surface area contributed by atoms with Crippen LogP contribution in [0.15, 0.2) is 23.5 Å². The second-order valence-electron chi connectivity index (χ2n) is 6.69. The Labute approximate surface area is 155 Å². The molecule has 1 fully saturated rings. The van der Waals surface area contributed by atoms with Gasteiger partial charge in [-0.2, -0.15) is 0 Å². The molecule has 5 N–H and O–H groups in total. The Hall–Kier alpha value is -2.29. The monoisotopic (exact) mass is 373 g/mol. The smallest absolute Gasteiger partial charge is 0.147 e. The summed E-state index contributed by atoms with van der Waals surface area (Å²) in [6.45, 7) is 2.12. The number of nitrogens with two attached hydrogens (primary N) is 2. The third-order valence-electron chi connectivity index (χ3n) is 4.97. The minimum absolute atomic E-state index is 0.281. The highest BCUT2D eigenvalue weighted by atomic mass is 35.5. The molecule has 2 aromatic rings. The van der Waals surface area contributed by atoms with Gasteiger partial charge in [-0.15, -0.1) is 0 Å². The first-order valence-electron chi connectivity index (χ1n) is 8.49. The Morgan fingerprint density at radius 1 is 1.23 bits per heavy atom. The van der Waals surface area contributed by atoms with Crippen LogP contribution in [0.3, 0.4) is 0 Å². The molecule has 2 aromatic heterocycles. The van der Waals surface area contributed by atoms with Crippen LogP contribution in [0.25, 0.3) is 0 Å². The molecule has 136 valence electrons. The Bertz CT molecular complexity index is 877. The molecule has 26 heavy (non-hydrogen) atoms. The summed E-state index contributed by atoms with van der Waals surface area (Å²) in [5, 5.41) is 10.8. The van der Waals surface area contributed by atoms with E-state index in [4.69, 9.17) is 28.1 Å². The molecule has 8 nitrogen and oxygen atoms in total. The van der Waals surface area contributed by atoms with Gasteiger partial charge < -0.3 is 21.5 Å². The zero-order valence-corrected chi connectivity index (χ0v) is 14.9. The van der Waals surface area contributed by atoms with Crippen LogP contribution in [0.4, 0.5) is 11.6 Å². The number of fused-ring (bicyclic) bond motifs is 1. The van der Waals surface area contributed by atoms with Crippen LogP contribution in [0.1, 0.15) is 29.8 Å². The highest BCUT2D eigenvalue weighted by molar-refractivity contribution is 6.35. The summed E-state index contributed by atoms with van der Waals surface area (Å²) in [6, 6.07) is 1.70. The molecule has 0 spiro atoms. The molecule has 0 unspecified atom stereocenters. The normalized spacial score (nSPS) is 18.6. The minimum Gasteiger partial charge on any atom is -0.388 e. The van der Waals surface area contributed by atoms with E-state index in [0.29, 0.717) is 54.6 Å². The van der Waals surface area contributed by atoms with Gasteiger partial charge in [0.1, 0.15) is 17.3 Å². The van der Waals surface area contributed by atoms with Crippen LogP contribution in [-0.4, -0.2) is 51.0 Å². The van der Waals surface area contributed by atoms with E-state index in [2.05, 4.69) is 19.9 Å². The summed E-state index contributed by atoms with van der Waals surface area (Å²) in [7, 11) is 0. The Morgan fingerprint density at radius 2 is 2.00 bits per heavy atom. The van der Waals surface area contributed by atoms with Crippen LogP contribution < -0.4 is 16.4 Å². The van der Waals surface area contributed by atoms with Gasteiger partial charge in [0.25, 0.3) is 0 Å². The second kappa shape index (κ2) is 6.46. The molecule has 9 heteroatoms. The van der Waals surface area contributed by atoms with Crippen molar-refractivity contribution < 1.29 is 5.11 Å². The number of aliphatic hydroxyl groups is 1. The summed E-state index contributed by atoms with van der Waals surface area (Å²) < 4.78 is 0. The lowest BCUT2D eigenvalue weighted by molar-refractivity contribution is 0.0248. The largest absolute Gasteiger partial charge is 0.388 e. The van der Waals surface area contributed by atoms with E-state index in [9.17, 15) is 5.11 Å². The topological polar surface area (TPSA) is 127 Å². The van der Waals surface area contributed by atoms with Crippen LogP contribution in [-0.2, 0) is 6.54 Å². The fourth-order valence-electron chi connectivity index (χ4n) is 3.31. The molecule has 0 amide bonds. The van der Waals surface area contributed by atoms with E-state index >= 15 is 0 Å². The second-order valence-corrected chi connectivity index (χ2v) is 7.10. The number of rotatable bonds is 3. The van der Waals surface area contributed by atoms with Crippen LogP contribution in [0.5, 0.6) is 0 Å². The highest BCUT2D eigenvalue weighted by Gasteiger charge is 2.32. The summed E-state index contributed by atoms with van der Waals surface area (Å²) in [6.07, 6.45) is 4.50. The molecule has 0 aromatic carbocycles. The van der Waals surface area contributed by atoms with Crippen molar-refractivity contribution in [2.75, 3.05) is 30.3 Å². The number of halogens is 1. The predicted octanol–water partition coefficient (Wildman–Crippen LogP) is 0.748. The lowest BCUT2D eigenvalue weighted by Crippen LogP contribution is -2.49. The van der Waals surface area contributed by atoms with Gasteiger partial charge >= 0.3 is 0 Å². The van der Waals surface area contributed by atoms with Crippen molar-refractivity contribution in [2.45, 2.75) is 25.0 Å². The van der Waals surface area contributed by atoms with Gasteiger partial charge in [0.15, 0.2) is 0 Å². The number of aromatic nitrogens is 3. The van der Waals surface area contributed by atoms with Crippen molar-refractivity contribution in [3.8, 4) is 0 Å². The first kappa shape index (κ1) is 17.1. The Morgan fingerprint density at radius 3 is 2.73 bits per heavy atom. The fraction of sp³-hybridized carbons (Fsp3) is 0.412. The van der Waals surface area contributed by atoms with Crippen molar-refractivity contribution >= 4 is 28.9 Å². The van der Waals surface area contributed by atoms with Gasteiger partial charge in [-0.1, -0.05) is 11.6 Å². The quantitative estimate of drug-likeness (QED) is 0.724. The fourth-order valence-corrected chi connectivity index (χ4v) is 3.50. The number of aliphatic imine (C=N–C) groups is 1. The van der Waals surface area contributed by atoms with Gasteiger partial charge in [-0.3, -0.25) is 4.99 Å². The molecular weight excluding hydrogens is 354 g/mol. The number of nitrogens with zero attached hydrogens (tertiary/aromatic N) is 5. The van der Waals surface area contributed by atoms with Gasteiger partial charge in [-0.05, 0) is 18.9 Å². The van der Waals surface area contributed by atoms with Crippen molar-refractivity contribution in [1.29, 1.82) is 0 Å². The van der Waals surface area contributed by atoms with Crippen molar-refractivity contribution in [3.63, 3.8) is 0 Å². The van der Waals surface area contributed by atoms with Gasteiger partial charge in [0, 0.05) is 31.4 Å². The molecule has 4 heterocycles. The van der Waals surface area contributed by atoms with Gasteiger partial charge in [0.05, 0.1) is 34.8 Å². The number of piperidine rings is 1. The van der Waals surface area contributed by atoms with Crippen molar-refractivity contribution in [1.82, 2.24) is 15.0 Å². The standard InChI is InChI=1S/C17H20ClN7O/c18-11-6-21-13(20)5-10(11)15-16-12(7-22-15)24-14(8-23-16)25-3-1-17(26,9-19)2-4-25/h5-6,8,26H,1-4,7,9,19H2,(H2,20,21). The molecule has 0 aliphatic carbocycles. The number of anilines is 2. The van der Waals surface area contributed by atoms with Crippen molar-refractivity contribution in [2.24, 2.45) is 10.7 Å². The predicted molar refractivity (Wildman–Crippen MR) is 100 cm³/mol. The number of pyridine rings is 1. The third kappa shape index (κ3) is 3.00. The summed E-state index contributed by atoms with van der Waals surface area (Å²) in [5.74, 6) is 1.17. The molecule has 2 aliphatic heterocycles. The number of hydrogen-bond donors (Lipinski definition) is 3. The summed E-state index contributed by atoms with van der Waals surface area (Å²) in [5.41, 5.74) is 13.6. The lowest BCUT2D eigenvalue weighted by Gasteiger charge is -2.37. The lowest BCUT2D eigenvalue weighted by atomic mass is 9.92. The first-order valence-corrected chi connectivity index (χ1v) is 8.86. The Balaban J connectivity index is 1.58. The molecule has 0 atom stereocenters. The highest BCUT2D eigenvalue weighted by Crippen LogP contribution is 2.29. The zero-order valence-electron chi connectivity index (χ0n) is 14.2. The van der Waals surface area contributed by atoms with E-state index in [1.165, 1.54) is 6.20 Å². The average Bonchev–Trinajstić information content (AvgIpc) is 3.07. The summed E-state index contributed by atoms with van der Waals surface area (Å²) >= 11 is 6.25. The maximum atomic E-state index is 10.3. The van der Waals surface area contributed by atoms with Crippen molar-refractivity contribution in [3.05, 3.63) is 40.4 Å². The number of nitrogen functional groups attached to an aromatic ring is 1. The van der Waals surface area contributed by atoms with Crippen LogP contribution >= 0.6 is 11.6 Å². The molecule has 0 saturated carbocycles.